The predicted octanol–water partition coefficient (Wildman–Crippen LogP) is 2.71. The molecule has 0 aromatic carbocycles. The first kappa shape index (κ1) is 15.1. The summed E-state index contributed by atoms with van der Waals surface area (Å²) in [6.45, 7) is 0.777. The van der Waals surface area contributed by atoms with Gasteiger partial charge in [-0.3, -0.25) is 9.69 Å². The van der Waals surface area contributed by atoms with Gasteiger partial charge in [-0.25, -0.2) is 0 Å². The van der Waals surface area contributed by atoms with Crippen LogP contribution in [0.2, 0.25) is 0 Å². The standard InChI is InChI=1S/C15H23F3N2O/c16-15(17,18)11-5-7-20(8-6-11)13-9-10-3-1-2-4-12(10)19-14(13)21/h10-13H,1-9H2,(H,19,21)/t10-,12-,13+/m1/s1. The Morgan fingerprint density at radius 2 is 1.71 bits per heavy atom. The van der Waals surface area contributed by atoms with E-state index < -0.39 is 12.1 Å². The third-order valence-electron chi connectivity index (χ3n) is 5.50. The summed E-state index contributed by atoms with van der Waals surface area (Å²) >= 11 is 0. The molecule has 0 spiro atoms. The van der Waals surface area contributed by atoms with Gasteiger partial charge in [0.25, 0.3) is 0 Å². The van der Waals surface area contributed by atoms with Crippen LogP contribution in [0.3, 0.4) is 0 Å². The molecule has 3 rings (SSSR count). The number of carbonyl (C=O) groups excluding carboxylic acids is 1. The Morgan fingerprint density at radius 1 is 1.05 bits per heavy atom. The van der Waals surface area contributed by atoms with Crippen LogP contribution >= 0.6 is 0 Å². The molecule has 120 valence electrons. The van der Waals surface area contributed by atoms with Gasteiger partial charge in [-0.1, -0.05) is 12.8 Å². The molecule has 2 heterocycles. The fourth-order valence-corrected chi connectivity index (χ4v) is 4.21. The average Bonchev–Trinajstić information content (AvgIpc) is 2.46. The third-order valence-corrected chi connectivity index (χ3v) is 5.50. The van der Waals surface area contributed by atoms with Crippen LogP contribution in [0.15, 0.2) is 0 Å². The molecular formula is C15H23F3N2O. The summed E-state index contributed by atoms with van der Waals surface area (Å²) in [7, 11) is 0. The van der Waals surface area contributed by atoms with Crippen molar-refractivity contribution in [3.8, 4) is 0 Å². The Bertz CT molecular complexity index is 391. The lowest BCUT2D eigenvalue weighted by Crippen LogP contribution is -2.59. The average molecular weight is 304 g/mol. The molecule has 1 amide bonds. The van der Waals surface area contributed by atoms with E-state index in [-0.39, 0.29) is 24.8 Å². The minimum Gasteiger partial charge on any atom is -0.352 e. The Hall–Kier alpha value is -0.780. The quantitative estimate of drug-likeness (QED) is 0.808. The van der Waals surface area contributed by atoms with Gasteiger partial charge in [0.15, 0.2) is 0 Å². The fourth-order valence-electron chi connectivity index (χ4n) is 4.21. The first-order valence-corrected chi connectivity index (χ1v) is 8.06. The van der Waals surface area contributed by atoms with Gasteiger partial charge in [-0.05, 0) is 51.1 Å². The molecule has 1 N–H and O–H groups in total. The van der Waals surface area contributed by atoms with Crippen LogP contribution in [-0.2, 0) is 4.79 Å². The van der Waals surface area contributed by atoms with E-state index in [2.05, 4.69) is 5.32 Å². The molecule has 3 nitrogen and oxygen atoms in total. The molecule has 0 bridgehead atoms. The highest BCUT2D eigenvalue weighted by molar-refractivity contribution is 5.83. The minimum absolute atomic E-state index is 0.0311. The summed E-state index contributed by atoms with van der Waals surface area (Å²) in [5.74, 6) is -0.645. The maximum Gasteiger partial charge on any atom is 0.391 e. The lowest BCUT2D eigenvalue weighted by molar-refractivity contribution is -0.186. The van der Waals surface area contributed by atoms with Crippen LogP contribution in [0.5, 0.6) is 0 Å². The SMILES string of the molecule is O=C1N[C@@H]2CCCC[C@@H]2C[C@@H]1N1CCC(C(F)(F)F)CC1. The molecule has 3 atom stereocenters. The van der Waals surface area contributed by atoms with Gasteiger partial charge in [-0.2, -0.15) is 13.2 Å². The number of hydrogen-bond acceptors (Lipinski definition) is 2. The zero-order valence-corrected chi connectivity index (χ0v) is 12.2. The topological polar surface area (TPSA) is 32.3 Å². The van der Waals surface area contributed by atoms with Crippen LogP contribution < -0.4 is 5.32 Å². The summed E-state index contributed by atoms with van der Waals surface area (Å²) in [6, 6.07) is 0.0914. The number of piperidine rings is 2. The lowest BCUT2D eigenvalue weighted by Gasteiger charge is -2.45. The fraction of sp³-hybridized carbons (Fsp3) is 0.933. The molecule has 2 aliphatic heterocycles. The monoisotopic (exact) mass is 304 g/mol. The molecule has 0 aromatic heterocycles. The maximum absolute atomic E-state index is 12.7. The van der Waals surface area contributed by atoms with Gasteiger partial charge in [-0.15, -0.1) is 0 Å². The number of nitrogens with one attached hydrogen (secondary N) is 1. The summed E-state index contributed by atoms with van der Waals surface area (Å²) in [4.78, 5) is 14.2. The number of halogens is 3. The van der Waals surface area contributed by atoms with Gasteiger partial charge in [0.2, 0.25) is 5.91 Å². The van der Waals surface area contributed by atoms with Crippen molar-refractivity contribution < 1.29 is 18.0 Å². The molecule has 0 radical (unpaired) electrons. The van der Waals surface area contributed by atoms with Crippen molar-refractivity contribution in [1.82, 2.24) is 10.2 Å². The van der Waals surface area contributed by atoms with E-state index in [1.165, 1.54) is 12.8 Å². The number of carbonyl (C=O) groups is 1. The highest BCUT2D eigenvalue weighted by atomic mass is 19.4. The second kappa shape index (κ2) is 5.78. The summed E-state index contributed by atoms with van der Waals surface area (Å²) in [5, 5.41) is 3.10. The normalized spacial score (nSPS) is 36.1. The second-order valence-electron chi connectivity index (χ2n) is 6.76. The molecular weight excluding hydrogens is 281 g/mol. The van der Waals surface area contributed by atoms with E-state index in [1.54, 1.807) is 0 Å². The molecule has 6 heteroatoms. The number of nitrogens with zero attached hydrogens (tertiary/aromatic N) is 1. The van der Waals surface area contributed by atoms with Crippen molar-refractivity contribution in [3.63, 3.8) is 0 Å². The van der Waals surface area contributed by atoms with Crippen molar-refractivity contribution in [1.29, 1.82) is 0 Å². The minimum atomic E-state index is -4.09. The van der Waals surface area contributed by atoms with E-state index in [1.807, 2.05) is 4.90 Å². The summed E-state index contributed by atoms with van der Waals surface area (Å²) in [6.07, 6.45) is 1.56. The number of fused-ring (bicyclic) bond motifs is 1. The number of hydrogen-bond donors (Lipinski definition) is 1. The van der Waals surface area contributed by atoms with Crippen molar-refractivity contribution >= 4 is 5.91 Å². The zero-order chi connectivity index (χ0) is 15.0. The first-order chi connectivity index (χ1) is 9.95. The maximum atomic E-state index is 12.7. The molecule has 3 aliphatic rings. The van der Waals surface area contributed by atoms with Gasteiger partial charge >= 0.3 is 6.18 Å². The van der Waals surface area contributed by atoms with E-state index in [0.717, 1.165) is 19.3 Å². The number of amides is 1. The zero-order valence-electron chi connectivity index (χ0n) is 12.2. The summed E-state index contributed by atoms with van der Waals surface area (Å²) in [5.41, 5.74) is 0. The van der Waals surface area contributed by atoms with Gasteiger partial charge < -0.3 is 5.32 Å². The molecule has 1 aliphatic carbocycles. The highest BCUT2D eigenvalue weighted by Crippen LogP contribution is 2.37. The van der Waals surface area contributed by atoms with Gasteiger partial charge in [0.1, 0.15) is 0 Å². The predicted molar refractivity (Wildman–Crippen MR) is 72.6 cm³/mol. The van der Waals surface area contributed by atoms with Crippen molar-refractivity contribution in [2.24, 2.45) is 11.8 Å². The number of alkyl halides is 3. The van der Waals surface area contributed by atoms with E-state index >= 15 is 0 Å². The van der Waals surface area contributed by atoms with Crippen LogP contribution in [0.1, 0.15) is 44.9 Å². The van der Waals surface area contributed by atoms with Crippen molar-refractivity contribution in [3.05, 3.63) is 0 Å². The van der Waals surface area contributed by atoms with E-state index in [4.69, 9.17) is 0 Å². The molecule has 0 unspecified atom stereocenters. The Balaban J connectivity index is 1.59. The number of likely N-dealkylation sites (tertiary alicyclic amines) is 1. The molecule has 0 aromatic rings. The van der Waals surface area contributed by atoms with E-state index in [9.17, 15) is 18.0 Å². The van der Waals surface area contributed by atoms with Crippen LogP contribution in [0, 0.1) is 11.8 Å². The molecule has 21 heavy (non-hydrogen) atoms. The molecule has 2 saturated heterocycles. The van der Waals surface area contributed by atoms with Crippen LogP contribution in [0.4, 0.5) is 13.2 Å². The van der Waals surface area contributed by atoms with Crippen molar-refractivity contribution in [2.75, 3.05) is 13.1 Å². The Morgan fingerprint density at radius 3 is 2.38 bits per heavy atom. The van der Waals surface area contributed by atoms with Crippen molar-refractivity contribution in [2.45, 2.75) is 63.2 Å². The Labute approximate surface area is 123 Å². The summed E-state index contributed by atoms with van der Waals surface area (Å²) < 4.78 is 38.1. The van der Waals surface area contributed by atoms with Crippen LogP contribution in [-0.4, -0.2) is 42.2 Å². The third kappa shape index (κ3) is 3.20. The second-order valence-corrected chi connectivity index (χ2v) is 6.76. The molecule has 1 saturated carbocycles. The van der Waals surface area contributed by atoms with E-state index in [0.29, 0.717) is 25.0 Å². The van der Waals surface area contributed by atoms with Gasteiger partial charge in [0.05, 0.1) is 12.0 Å². The number of rotatable bonds is 1. The van der Waals surface area contributed by atoms with Gasteiger partial charge in [0, 0.05) is 6.04 Å². The lowest BCUT2D eigenvalue weighted by atomic mass is 9.77. The van der Waals surface area contributed by atoms with Crippen LogP contribution in [0.25, 0.3) is 0 Å². The Kier molecular flexibility index (Phi) is 4.17. The smallest absolute Gasteiger partial charge is 0.352 e. The molecule has 3 fully saturated rings. The highest BCUT2D eigenvalue weighted by Gasteiger charge is 2.44. The largest absolute Gasteiger partial charge is 0.391 e. The first-order valence-electron chi connectivity index (χ1n) is 8.06.